The first kappa shape index (κ1) is 13.2. The minimum atomic E-state index is -0.616. The molecule has 1 rings (SSSR count). The number of thioether (sulfide) groups is 1. The summed E-state index contributed by atoms with van der Waals surface area (Å²) in [5.74, 6) is 0.483. The Morgan fingerprint density at radius 3 is 2.94 bits per heavy atom. The summed E-state index contributed by atoms with van der Waals surface area (Å²) in [6.07, 6.45) is 0.961. The zero-order chi connectivity index (χ0) is 12.8. The second-order valence-corrected chi connectivity index (χ2v) is 4.22. The average Bonchev–Trinajstić information content (AvgIpc) is 2.34. The molecule has 3 N–H and O–H groups in total. The summed E-state index contributed by atoms with van der Waals surface area (Å²) >= 11 is 1.46. The molecule has 0 aliphatic heterocycles. The Kier molecular flexibility index (Phi) is 4.70. The Balaban J connectivity index is 3.15. The number of rotatable bonds is 5. The van der Waals surface area contributed by atoms with Gasteiger partial charge in [-0.1, -0.05) is 12.1 Å². The SMILES string of the molecule is CCCSc1ccc([N+](=O)[O-])c(/C(N)=N/O)n1. The molecule has 0 bridgehead atoms. The summed E-state index contributed by atoms with van der Waals surface area (Å²) in [4.78, 5) is 14.1. The second kappa shape index (κ2) is 6.04. The largest absolute Gasteiger partial charge is 0.409 e. The molecular weight excluding hydrogens is 244 g/mol. The summed E-state index contributed by atoms with van der Waals surface area (Å²) in [5.41, 5.74) is 4.97. The van der Waals surface area contributed by atoms with E-state index in [0.29, 0.717) is 5.03 Å². The Hall–Kier alpha value is -1.83. The van der Waals surface area contributed by atoms with E-state index in [1.807, 2.05) is 6.92 Å². The second-order valence-electron chi connectivity index (χ2n) is 3.11. The molecule has 0 fully saturated rings. The van der Waals surface area contributed by atoms with Crippen molar-refractivity contribution < 1.29 is 10.1 Å². The summed E-state index contributed by atoms with van der Waals surface area (Å²) in [7, 11) is 0. The van der Waals surface area contributed by atoms with E-state index >= 15 is 0 Å². The molecule has 0 saturated heterocycles. The van der Waals surface area contributed by atoms with E-state index in [4.69, 9.17) is 10.9 Å². The summed E-state index contributed by atoms with van der Waals surface area (Å²) < 4.78 is 0. The molecule has 0 atom stereocenters. The van der Waals surface area contributed by atoms with Gasteiger partial charge in [-0.25, -0.2) is 4.98 Å². The Bertz CT molecular complexity index is 450. The predicted octanol–water partition coefficient (Wildman–Crippen LogP) is 1.59. The van der Waals surface area contributed by atoms with E-state index in [-0.39, 0.29) is 17.2 Å². The van der Waals surface area contributed by atoms with Gasteiger partial charge in [0.1, 0.15) is 0 Å². The molecule has 0 saturated carbocycles. The molecule has 0 spiro atoms. The highest BCUT2D eigenvalue weighted by molar-refractivity contribution is 7.99. The van der Waals surface area contributed by atoms with Crippen molar-refractivity contribution in [3.05, 3.63) is 27.9 Å². The maximum atomic E-state index is 10.7. The van der Waals surface area contributed by atoms with Gasteiger partial charge in [-0.05, 0) is 18.2 Å². The molecule has 0 radical (unpaired) electrons. The average molecular weight is 256 g/mol. The normalized spacial score (nSPS) is 11.5. The van der Waals surface area contributed by atoms with Crippen LogP contribution in [0.3, 0.4) is 0 Å². The van der Waals surface area contributed by atoms with Gasteiger partial charge in [-0.3, -0.25) is 10.1 Å². The first-order valence-electron chi connectivity index (χ1n) is 4.86. The van der Waals surface area contributed by atoms with Crippen LogP contribution in [-0.2, 0) is 0 Å². The standard InChI is InChI=1S/C9H12N4O3S/c1-2-5-17-7-4-3-6(13(15)16)8(11-7)9(10)12-14/h3-4,14H,2,5H2,1H3,(H2,10,12). The number of nitrogens with zero attached hydrogens (tertiary/aromatic N) is 3. The van der Waals surface area contributed by atoms with Gasteiger partial charge < -0.3 is 10.9 Å². The summed E-state index contributed by atoms with van der Waals surface area (Å²) in [5, 5.41) is 22.6. The molecule has 0 aliphatic rings. The molecule has 0 aliphatic carbocycles. The van der Waals surface area contributed by atoms with Gasteiger partial charge >= 0.3 is 0 Å². The highest BCUT2D eigenvalue weighted by atomic mass is 32.2. The lowest BCUT2D eigenvalue weighted by molar-refractivity contribution is -0.385. The number of nitrogens with two attached hydrogens (primary N) is 1. The molecule has 0 amide bonds. The lowest BCUT2D eigenvalue weighted by Crippen LogP contribution is -2.17. The molecule has 1 aromatic rings. The highest BCUT2D eigenvalue weighted by Crippen LogP contribution is 2.22. The van der Waals surface area contributed by atoms with E-state index in [9.17, 15) is 10.1 Å². The van der Waals surface area contributed by atoms with Crippen molar-refractivity contribution in [1.82, 2.24) is 4.98 Å². The minimum Gasteiger partial charge on any atom is -0.409 e. The van der Waals surface area contributed by atoms with Crippen LogP contribution in [0.5, 0.6) is 0 Å². The van der Waals surface area contributed by atoms with E-state index in [1.165, 1.54) is 17.8 Å². The Morgan fingerprint density at radius 1 is 1.71 bits per heavy atom. The van der Waals surface area contributed by atoms with Gasteiger partial charge in [0.25, 0.3) is 5.69 Å². The quantitative estimate of drug-likeness (QED) is 0.206. The molecule has 0 unspecified atom stereocenters. The van der Waals surface area contributed by atoms with Gasteiger partial charge in [0.05, 0.1) is 9.95 Å². The molecule has 0 aromatic carbocycles. The van der Waals surface area contributed by atoms with Crippen LogP contribution < -0.4 is 5.73 Å². The number of pyridine rings is 1. The zero-order valence-electron chi connectivity index (χ0n) is 9.16. The van der Waals surface area contributed by atoms with Crippen LogP contribution in [0, 0.1) is 10.1 Å². The number of oxime groups is 1. The van der Waals surface area contributed by atoms with Crippen LogP contribution in [-0.4, -0.2) is 26.7 Å². The highest BCUT2D eigenvalue weighted by Gasteiger charge is 2.19. The number of aromatic nitrogens is 1. The zero-order valence-corrected chi connectivity index (χ0v) is 9.98. The van der Waals surface area contributed by atoms with Gasteiger partial charge in [0, 0.05) is 6.07 Å². The van der Waals surface area contributed by atoms with Crippen molar-refractivity contribution in [1.29, 1.82) is 0 Å². The topological polar surface area (TPSA) is 115 Å². The monoisotopic (exact) mass is 256 g/mol. The van der Waals surface area contributed by atoms with Crippen molar-refractivity contribution >= 4 is 23.3 Å². The molecule has 92 valence electrons. The Labute approximate surface area is 102 Å². The number of hydrogen-bond acceptors (Lipinski definition) is 6. The smallest absolute Gasteiger partial charge is 0.298 e. The van der Waals surface area contributed by atoms with Crippen LogP contribution >= 0.6 is 11.8 Å². The third-order valence-electron chi connectivity index (χ3n) is 1.85. The fraction of sp³-hybridized carbons (Fsp3) is 0.333. The first-order valence-corrected chi connectivity index (χ1v) is 5.84. The van der Waals surface area contributed by atoms with Crippen molar-refractivity contribution in [2.45, 2.75) is 18.4 Å². The maximum absolute atomic E-state index is 10.7. The van der Waals surface area contributed by atoms with E-state index < -0.39 is 4.92 Å². The van der Waals surface area contributed by atoms with Crippen molar-refractivity contribution in [2.24, 2.45) is 10.9 Å². The summed E-state index contributed by atoms with van der Waals surface area (Å²) in [6, 6.07) is 2.85. The predicted molar refractivity (Wildman–Crippen MR) is 64.4 cm³/mol. The van der Waals surface area contributed by atoms with E-state index in [0.717, 1.165) is 12.2 Å². The molecule has 17 heavy (non-hydrogen) atoms. The number of amidine groups is 1. The van der Waals surface area contributed by atoms with Crippen molar-refractivity contribution in [3.63, 3.8) is 0 Å². The lowest BCUT2D eigenvalue weighted by Gasteiger charge is -2.03. The molecule has 1 aromatic heterocycles. The number of hydrogen-bond donors (Lipinski definition) is 2. The van der Waals surface area contributed by atoms with Gasteiger partial charge in [-0.2, -0.15) is 0 Å². The molecule has 7 nitrogen and oxygen atoms in total. The molecule has 8 heteroatoms. The third kappa shape index (κ3) is 3.31. The molecular formula is C9H12N4O3S. The van der Waals surface area contributed by atoms with Crippen molar-refractivity contribution in [2.75, 3.05) is 5.75 Å². The number of nitro groups is 1. The molecule has 1 heterocycles. The van der Waals surface area contributed by atoms with E-state index in [2.05, 4.69) is 10.1 Å². The summed E-state index contributed by atoms with van der Waals surface area (Å²) in [6.45, 7) is 2.02. The van der Waals surface area contributed by atoms with Gasteiger partial charge in [-0.15, -0.1) is 11.8 Å². The van der Waals surface area contributed by atoms with E-state index in [1.54, 1.807) is 6.07 Å². The van der Waals surface area contributed by atoms with Gasteiger partial charge in [0.2, 0.25) is 0 Å². The van der Waals surface area contributed by atoms with Crippen LogP contribution in [0.4, 0.5) is 5.69 Å². The maximum Gasteiger partial charge on any atom is 0.298 e. The van der Waals surface area contributed by atoms with Crippen LogP contribution in [0.15, 0.2) is 22.3 Å². The fourth-order valence-corrected chi connectivity index (χ4v) is 1.84. The Morgan fingerprint density at radius 2 is 2.41 bits per heavy atom. The fourth-order valence-electron chi connectivity index (χ4n) is 1.10. The minimum absolute atomic E-state index is 0.112. The van der Waals surface area contributed by atoms with Crippen LogP contribution in [0.2, 0.25) is 0 Å². The van der Waals surface area contributed by atoms with Crippen molar-refractivity contribution in [3.8, 4) is 0 Å². The third-order valence-corrected chi connectivity index (χ3v) is 2.99. The van der Waals surface area contributed by atoms with Crippen LogP contribution in [0.1, 0.15) is 19.0 Å². The first-order chi connectivity index (χ1) is 8.10. The lowest BCUT2D eigenvalue weighted by atomic mass is 10.3. The van der Waals surface area contributed by atoms with Gasteiger partial charge in [0.15, 0.2) is 11.5 Å². The van der Waals surface area contributed by atoms with Crippen LogP contribution in [0.25, 0.3) is 0 Å².